The Morgan fingerprint density at radius 3 is 2.84 bits per heavy atom. The van der Waals surface area contributed by atoms with Crippen molar-refractivity contribution >= 4 is 11.3 Å². The number of nitrogens with two attached hydrogens (primary N) is 1. The molecule has 1 unspecified atom stereocenters. The summed E-state index contributed by atoms with van der Waals surface area (Å²) in [7, 11) is 1.64. The smallest absolute Gasteiger partial charge is 0.123 e. The van der Waals surface area contributed by atoms with E-state index >= 15 is 0 Å². The second kappa shape index (κ2) is 6.54. The van der Waals surface area contributed by atoms with Gasteiger partial charge in [-0.25, -0.2) is 4.98 Å². The fourth-order valence-electron chi connectivity index (χ4n) is 1.60. The summed E-state index contributed by atoms with van der Waals surface area (Å²) >= 11 is 1.62. The first-order valence-electron chi connectivity index (χ1n) is 6.16. The van der Waals surface area contributed by atoms with Gasteiger partial charge in [-0.2, -0.15) is 0 Å². The zero-order valence-electron chi connectivity index (χ0n) is 11.1. The molecule has 5 heteroatoms. The molecule has 1 heterocycles. The molecule has 0 aliphatic rings. The highest BCUT2D eigenvalue weighted by atomic mass is 32.1. The number of ether oxygens (including phenoxy) is 2. The number of hydrogen-bond donors (Lipinski definition) is 1. The Morgan fingerprint density at radius 1 is 1.37 bits per heavy atom. The van der Waals surface area contributed by atoms with Gasteiger partial charge in [0.1, 0.15) is 11.5 Å². The summed E-state index contributed by atoms with van der Waals surface area (Å²) in [5.41, 5.74) is 6.72. The number of aromatic nitrogens is 1. The molecule has 0 bridgehead atoms. The summed E-state index contributed by atoms with van der Waals surface area (Å²) in [5, 5.41) is 3.06. The highest BCUT2D eigenvalue weighted by molar-refractivity contribution is 7.09. The van der Waals surface area contributed by atoms with Crippen LogP contribution in [0.2, 0.25) is 0 Å². The van der Waals surface area contributed by atoms with Crippen molar-refractivity contribution in [2.24, 2.45) is 5.73 Å². The molecule has 1 atom stereocenters. The first-order valence-corrected chi connectivity index (χ1v) is 7.03. The van der Waals surface area contributed by atoms with Crippen LogP contribution in [0.15, 0.2) is 29.6 Å². The van der Waals surface area contributed by atoms with Crippen LogP contribution in [0.5, 0.6) is 11.5 Å². The Morgan fingerprint density at radius 2 is 2.16 bits per heavy atom. The molecule has 19 heavy (non-hydrogen) atoms. The SMILES string of the molecule is COc1cccc(OCCc2nc(C(C)N)cs2)c1. The zero-order valence-corrected chi connectivity index (χ0v) is 11.9. The zero-order chi connectivity index (χ0) is 13.7. The van der Waals surface area contributed by atoms with E-state index < -0.39 is 0 Å². The van der Waals surface area contributed by atoms with Gasteiger partial charge >= 0.3 is 0 Å². The van der Waals surface area contributed by atoms with Crippen molar-refractivity contribution in [3.05, 3.63) is 40.3 Å². The number of methoxy groups -OCH3 is 1. The van der Waals surface area contributed by atoms with Gasteiger partial charge in [0, 0.05) is 23.9 Å². The van der Waals surface area contributed by atoms with Crippen molar-refractivity contribution in [2.75, 3.05) is 13.7 Å². The maximum atomic E-state index is 5.78. The lowest BCUT2D eigenvalue weighted by atomic mass is 10.3. The predicted octanol–water partition coefficient (Wildman–Crippen LogP) is 2.79. The third-order valence-electron chi connectivity index (χ3n) is 2.66. The molecule has 0 spiro atoms. The number of rotatable bonds is 6. The molecule has 0 aliphatic heterocycles. The Balaban J connectivity index is 1.85. The van der Waals surface area contributed by atoms with Gasteiger partial charge in [0.15, 0.2) is 0 Å². The van der Waals surface area contributed by atoms with Crippen LogP contribution in [-0.2, 0) is 6.42 Å². The fraction of sp³-hybridized carbons (Fsp3) is 0.357. The van der Waals surface area contributed by atoms with Gasteiger partial charge < -0.3 is 15.2 Å². The van der Waals surface area contributed by atoms with Gasteiger partial charge in [-0.3, -0.25) is 0 Å². The van der Waals surface area contributed by atoms with E-state index in [9.17, 15) is 0 Å². The first kappa shape index (κ1) is 13.8. The summed E-state index contributed by atoms with van der Waals surface area (Å²) < 4.78 is 10.8. The molecule has 2 rings (SSSR count). The third kappa shape index (κ3) is 3.94. The van der Waals surface area contributed by atoms with Crippen molar-refractivity contribution in [2.45, 2.75) is 19.4 Å². The number of benzene rings is 1. The molecular weight excluding hydrogens is 260 g/mol. The standard InChI is InChI=1S/C14H18N2O2S/c1-10(15)13-9-19-14(16-13)6-7-18-12-5-3-4-11(8-12)17-2/h3-5,8-10H,6-7,15H2,1-2H3. The highest BCUT2D eigenvalue weighted by Gasteiger charge is 2.06. The van der Waals surface area contributed by atoms with Gasteiger partial charge in [-0.05, 0) is 19.1 Å². The van der Waals surface area contributed by atoms with E-state index in [-0.39, 0.29) is 6.04 Å². The van der Waals surface area contributed by atoms with Gasteiger partial charge in [0.05, 0.1) is 24.4 Å². The van der Waals surface area contributed by atoms with Crippen molar-refractivity contribution in [3.8, 4) is 11.5 Å². The first-order chi connectivity index (χ1) is 9.19. The van der Waals surface area contributed by atoms with Crippen LogP contribution in [0.3, 0.4) is 0 Å². The second-order valence-corrected chi connectivity index (χ2v) is 5.17. The summed E-state index contributed by atoms with van der Waals surface area (Å²) in [6.07, 6.45) is 0.786. The van der Waals surface area contributed by atoms with Crippen LogP contribution in [0, 0.1) is 0 Å². The van der Waals surface area contributed by atoms with Crippen LogP contribution in [-0.4, -0.2) is 18.7 Å². The molecule has 0 saturated carbocycles. The summed E-state index contributed by atoms with van der Waals surface area (Å²) in [6, 6.07) is 7.57. The van der Waals surface area contributed by atoms with Gasteiger partial charge in [0.25, 0.3) is 0 Å². The van der Waals surface area contributed by atoms with Crippen LogP contribution in [0.4, 0.5) is 0 Å². The topological polar surface area (TPSA) is 57.4 Å². The largest absolute Gasteiger partial charge is 0.497 e. The van der Waals surface area contributed by atoms with Crippen molar-refractivity contribution in [1.29, 1.82) is 0 Å². The van der Waals surface area contributed by atoms with Gasteiger partial charge in [-0.15, -0.1) is 11.3 Å². The average molecular weight is 278 g/mol. The van der Waals surface area contributed by atoms with Crippen molar-refractivity contribution in [3.63, 3.8) is 0 Å². The Labute approximate surface area is 117 Å². The highest BCUT2D eigenvalue weighted by Crippen LogP contribution is 2.20. The van der Waals surface area contributed by atoms with Crippen LogP contribution in [0.25, 0.3) is 0 Å². The molecule has 0 aliphatic carbocycles. The normalized spacial score (nSPS) is 12.2. The maximum absolute atomic E-state index is 5.78. The lowest BCUT2D eigenvalue weighted by Gasteiger charge is -2.06. The average Bonchev–Trinajstić information content (AvgIpc) is 2.88. The minimum atomic E-state index is -0.00990. The Hall–Kier alpha value is -1.59. The van der Waals surface area contributed by atoms with Crippen molar-refractivity contribution in [1.82, 2.24) is 4.98 Å². The molecule has 0 amide bonds. The molecule has 0 radical (unpaired) electrons. The van der Waals surface area contributed by atoms with Gasteiger partial charge in [-0.1, -0.05) is 6.07 Å². The minimum Gasteiger partial charge on any atom is -0.497 e. The molecule has 1 aromatic carbocycles. The van der Waals surface area contributed by atoms with E-state index in [0.717, 1.165) is 28.6 Å². The van der Waals surface area contributed by atoms with Crippen LogP contribution >= 0.6 is 11.3 Å². The molecule has 2 aromatic rings. The van der Waals surface area contributed by atoms with Crippen LogP contribution < -0.4 is 15.2 Å². The van der Waals surface area contributed by atoms with Crippen LogP contribution in [0.1, 0.15) is 23.7 Å². The number of hydrogen-bond acceptors (Lipinski definition) is 5. The monoisotopic (exact) mass is 278 g/mol. The molecule has 102 valence electrons. The number of thiazole rings is 1. The van der Waals surface area contributed by atoms with Gasteiger partial charge in [0.2, 0.25) is 0 Å². The molecule has 2 N–H and O–H groups in total. The quantitative estimate of drug-likeness (QED) is 0.882. The third-order valence-corrected chi connectivity index (χ3v) is 3.59. The van der Waals surface area contributed by atoms with E-state index in [1.165, 1.54) is 0 Å². The summed E-state index contributed by atoms with van der Waals surface area (Å²) in [5.74, 6) is 1.61. The Kier molecular flexibility index (Phi) is 4.76. The number of nitrogens with zero attached hydrogens (tertiary/aromatic N) is 1. The lowest BCUT2D eigenvalue weighted by Crippen LogP contribution is -2.06. The second-order valence-electron chi connectivity index (χ2n) is 4.23. The fourth-order valence-corrected chi connectivity index (χ4v) is 2.48. The van der Waals surface area contributed by atoms with Crippen molar-refractivity contribution < 1.29 is 9.47 Å². The molecular formula is C14H18N2O2S. The molecule has 0 fully saturated rings. The lowest BCUT2D eigenvalue weighted by molar-refractivity contribution is 0.318. The minimum absolute atomic E-state index is 0.00990. The predicted molar refractivity (Wildman–Crippen MR) is 76.9 cm³/mol. The Bertz CT molecular complexity index is 526. The van der Waals surface area contributed by atoms with E-state index in [0.29, 0.717) is 6.61 Å². The molecule has 1 aromatic heterocycles. The van der Waals surface area contributed by atoms with E-state index in [1.807, 2.05) is 36.6 Å². The molecule has 0 saturated heterocycles. The molecule has 4 nitrogen and oxygen atoms in total. The maximum Gasteiger partial charge on any atom is 0.123 e. The summed E-state index contributed by atoms with van der Waals surface area (Å²) in [6.45, 7) is 2.53. The van der Waals surface area contributed by atoms with E-state index in [2.05, 4.69) is 4.98 Å². The summed E-state index contributed by atoms with van der Waals surface area (Å²) in [4.78, 5) is 4.46. The van der Waals surface area contributed by atoms with E-state index in [1.54, 1.807) is 18.4 Å². The van der Waals surface area contributed by atoms with E-state index in [4.69, 9.17) is 15.2 Å².